The number of rotatable bonds is 2. The van der Waals surface area contributed by atoms with Crippen LogP contribution >= 0.6 is 0 Å². The number of carbonyl (C=O) groups is 1. The van der Waals surface area contributed by atoms with E-state index in [-0.39, 0.29) is 5.75 Å². The molecular formula is C17H16O5. The number of hydrogen-bond acceptors (Lipinski definition) is 5. The van der Waals surface area contributed by atoms with Crippen LogP contribution in [0.4, 0.5) is 0 Å². The van der Waals surface area contributed by atoms with Crippen molar-refractivity contribution in [3.63, 3.8) is 0 Å². The number of hydrogen-bond donors (Lipinski definition) is 2. The Labute approximate surface area is 127 Å². The number of benzene rings is 2. The molecule has 0 saturated carbocycles. The van der Waals surface area contributed by atoms with Gasteiger partial charge in [0.25, 0.3) is 0 Å². The molecule has 2 atom stereocenters. The Morgan fingerprint density at radius 1 is 1.27 bits per heavy atom. The van der Waals surface area contributed by atoms with Crippen LogP contribution in [0, 0.1) is 0 Å². The van der Waals surface area contributed by atoms with E-state index in [9.17, 15) is 15.0 Å². The van der Waals surface area contributed by atoms with Crippen molar-refractivity contribution >= 4 is 5.97 Å². The molecular weight excluding hydrogens is 284 g/mol. The van der Waals surface area contributed by atoms with Gasteiger partial charge < -0.3 is 19.7 Å². The van der Waals surface area contributed by atoms with E-state index in [4.69, 9.17) is 9.47 Å². The van der Waals surface area contributed by atoms with Gasteiger partial charge >= 0.3 is 5.97 Å². The second-order valence-corrected chi connectivity index (χ2v) is 5.27. The summed E-state index contributed by atoms with van der Waals surface area (Å²) < 4.78 is 10.9. The lowest BCUT2D eigenvalue weighted by atomic mass is 9.94. The van der Waals surface area contributed by atoms with E-state index in [1.165, 1.54) is 6.92 Å². The number of fused-ring (bicyclic) bond motifs is 1. The van der Waals surface area contributed by atoms with Gasteiger partial charge in [-0.25, -0.2) is 0 Å². The molecule has 22 heavy (non-hydrogen) atoms. The number of phenolic OH excluding ortho intramolecular Hbond substituents is 1. The highest BCUT2D eigenvalue weighted by Crippen LogP contribution is 2.37. The summed E-state index contributed by atoms with van der Waals surface area (Å²) in [4.78, 5) is 11.0. The smallest absolute Gasteiger partial charge is 0.308 e. The molecule has 0 radical (unpaired) electrons. The molecule has 0 spiro atoms. The fourth-order valence-electron chi connectivity index (χ4n) is 2.58. The molecule has 0 amide bonds. The summed E-state index contributed by atoms with van der Waals surface area (Å²) in [6, 6.07) is 11.7. The highest BCUT2D eigenvalue weighted by atomic mass is 16.5. The van der Waals surface area contributed by atoms with Crippen molar-refractivity contribution in [1.29, 1.82) is 0 Å². The van der Waals surface area contributed by atoms with Crippen molar-refractivity contribution in [2.24, 2.45) is 0 Å². The molecule has 0 aliphatic carbocycles. The molecule has 3 rings (SSSR count). The van der Waals surface area contributed by atoms with Gasteiger partial charge in [0.2, 0.25) is 0 Å². The normalized spacial score (nSPS) is 19.9. The molecule has 0 saturated heterocycles. The van der Waals surface area contributed by atoms with Crippen LogP contribution in [0.15, 0.2) is 42.5 Å². The Bertz CT molecular complexity index is 710. The minimum absolute atomic E-state index is 0.118. The van der Waals surface area contributed by atoms with Crippen LogP contribution in [0.1, 0.15) is 24.2 Å². The molecule has 1 aliphatic heterocycles. The standard InChI is InChI=1S/C17H16O5/c1-10(18)21-14-6-5-11-8-15(20)17(22-16(11)9-14)12-3-2-4-13(19)7-12/h2-7,9,15,17,19-20H,8H2,1H3. The van der Waals surface area contributed by atoms with Gasteiger partial charge in [-0.2, -0.15) is 0 Å². The van der Waals surface area contributed by atoms with Gasteiger partial charge in [0.15, 0.2) is 0 Å². The first kappa shape index (κ1) is 14.4. The van der Waals surface area contributed by atoms with Crippen LogP contribution in [0.25, 0.3) is 0 Å². The Kier molecular flexibility index (Phi) is 3.73. The first-order chi connectivity index (χ1) is 10.5. The van der Waals surface area contributed by atoms with E-state index in [0.717, 1.165) is 5.56 Å². The molecule has 0 fully saturated rings. The highest BCUT2D eigenvalue weighted by Gasteiger charge is 2.30. The van der Waals surface area contributed by atoms with Crippen LogP contribution in [-0.2, 0) is 11.2 Å². The average Bonchev–Trinajstić information content (AvgIpc) is 2.46. The van der Waals surface area contributed by atoms with Gasteiger partial charge in [-0.05, 0) is 29.3 Å². The number of carbonyl (C=O) groups excluding carboxylic acids is 1. The number of phenols is 1. The van der Waals surface area contributed by atoms with Crippen molar-refractivity contribution in [3.8, 4) is 17.2 Å². The molecule has 0 aromatic heterocycles. The van der Waals surface area contributed by atoms with Crippen molar-refractivity contribution in [1.82, 2.24) is 0 Å². The molecule has 5 nitrogen and oxygen atoms in total. The lowest BCUT2D eigenvalue weighted by molar-refractivity contribution is -0.131. The van der Waals surface area contributed by atoms with Crippen LogP contribution < -0.4 is 9.47 Å². The van der Waals surface area contributed by atoms with E-state index in [0.29, 0.717) is 23.5 Å². The van der Waals surface area contributed by atoms with Gasteiger partial charge in [-0.1, -0.05) is 18.2 Å². The van der Waals surface area contributed by atoms with E-state index in [2.05, 4.69) is 0 Å². The zero-order valence-electron chi connectivity index (χ0n) is 12.0. The molecule has 1 aliphatic rings. The van der Waals surface area contributed by atoms with E-state index in [1.807, 2.05) is 0 Å². The van der Waals surface area contributed by atoms with Crippen LogP contribution in [0.2, 0.25) is 0 Å². The topological polar surface area (TPSA) is 76.0 Å². The number of aromatic hydroxyl groups is 1. The second-order valence-electron chi connectivity index (χ2n) is 5.27. The summed E-state index contributed by atoms with van der Waals surface area (Å²) in [6.45, 7) is 1.33. The lowest BCUT2D eigenvalue weighted by Gasteiger charge is -2.31. The zero-order valence-corrected chi connectivity index (χ0v) is 12.0. The summed E-state index contributed by atoms with van der Waals surface area (Å²) in [6.07, 6.45) is -0.864. The van der Waals surface area contributed by atoms with Crippen molar-refractivity contribution in [2.45, 2.75) is 25.6 Å². The third-order valence-electron chi connectivity index (χ3n) is 3.53. The molecule has 1 heterocycles. The summed E-state index contributed by atoms with van der Waals surface area (Å²) in [5.41, 5.74) is 1.54. The van der Waals surface area contributed by atoms with E-state index >= 15 is 0 Å². The molecule has 2 aromatic rings. The molecule has 2 unspecified atom stereocenters. The summed E-state index contributed by atoms with van der Waals surface area (Å²) in [7, 11) is 0. The number of esters is 1. The number of aliphatic hydroxyl groups is 1. The Morgan fingerprint density at radius 3 is 2.82 bits per heavy atom. The fraction of sp³-hybridized carbons (Fsp3) is 0.235. The van der Waals surface area contributed by atoms with Crippen molar-refractivity contribution in [2.75, 3.05) is 0 Å². The second kappa shape index (κ2) is 5.69. The zero-order chi connectivity index (χ0) is 15.7. The largest absolute Gasteiger partial charge is 0.508 e. The Morgan fingerprint density at radius 2 is 2.09 bits per heavy atom. The minimum Gasteiger partial charge on any atom is -0.508 e. The third-order valence-corrected chi connectivity index (χ3v) is 3.53. The summed E-state index contributed by atoms with van der Waals surface area (Å²) in [5, 5.41) is 19.9. The van der Waals surface area contributed by atoms with Gasteiger partial charge in [-0.3, -0.25) is 4.79 Å². The Hall–Kier alpha value is -2.53. The minimum atomic E-state index is -0.714. The molecule has 114 valence electrons. The van der Waals surface area contributed by atoms with Crippen LogP contribution in [0.3, 0.4) is 0 Å². The molecule has 0 bridgehead atoms. The van der Waals surface area contributed by atoms with Crippen LogP contribution in [-0.4, -0.2) is 22.3 Å². The molecule has 2 N–H and O–H groups in total. The van der Waals surface area contributed by atoms with Gasteiger partial charge in [0.1, 0.15) is 23.4 Å². The van der Waals surface area contributed by atoms with Gasteiger partial charge in [0, 0.05) is 19.4 Å². The molecule has 2 aromatic carbocycles. The summed E-state index contributed by atoms with van der Waals surface area (Å²) >= 11 is 0. The van der Waals surface area contributed by atoms with Crippen molar-refractivity contribution < 1.29 is 24.5 Å². The maximum absolute atomic E-state index is 11.0. The summed E-state index contributed by atoms with van der Waals surface area (Å²) in [5.74, 6) is 0.683. The van der Waals surface area contributed by atoms with Gasteiger partial charge in [-0.15, -0.1) is 0 Å². The number of ether oxygens (including phenoxy) is 2. The third kappa shape index (κ3) is 2.89. The maximum atomic E-state index is 11.0. The number of aliphatic hydroxyl groups excluding tert-OH is 1. The fourth-order valence-corrected chi connectivity index (χ4v) is 2.58. The predicted molar refractivity (Wildman–Crippen MR) is 78.9 cm³/mol. The Balaban J connectivity index is 1.91. The lowest BCUT2D eigenvalue weighted by Crippen LogP contribution is -2.30. The van der Waals surface area contributed by atoms with Gasteiger partial charge in [0.05, 0.1) is 6.10 Å². The van der Waals surface area contributed by atoms with Crippen LogP contribution in [0.5, 0.6) is 17.2 Å². The average molecular weight is 300 g/mol. The first-order valence-electron chi connectivity index (χ1n) is 6.98. The molecule has 5 heteroatoms. The quantitative estimate of drug-likeness (QED) is 0.657. The SMILES string of the molecule is CC(=O)Oc1ccc2c(c1)OC(c1cccc(O)c1)C(O)C2. The predicted octanol–water partition coefficient (Wildman–Crippen LogP) is 2.35. The monoisotopic (exact) mass is 300 g/mol. The van der Waals surface area contributed by atoms with Crippen molar-refractivity contribution in [3.05, 3.63) is 53.6 Å². The highest BCUT2D eigenvalue weighted by molar-refractivity contribution is 5.69. The maximum Gasteiger partial charge on any atom is 0.308 e. The van der Waals surface area contributed by atoms with E-state index < -0.39 is 18.2 Å². The van der Waals surface area contributed by atoms with E-state index in [1.54, 1.807) is 42.5 Å². The first-order valence-corrected chi connectivity index (χ1v) is 6.98.